The first-order valence-corrected chi connectivity index (χ1v) is 10.2. The molecule has 1 fully saturated rings. The van der Waals surface area contributed by atoms with Gasteiger partial charge in [-0.15, -0.1) is 0 Å². The molecule has 0 spiro atoms. The quantitative estimate of drug-likeness (QED) is 0.616. The van der Waals surface area contributed by atoms with Gasteiger partial charge in [-0.05, 0) is 57.1 Å². The van der Waals surface area contributed by atoms with Crippen LogP contribution >= 0.6 is 0 Å². The highest BCUT2D eigenvalue weighted by Gasteiger charge is 2.11. The Morgan fingerprint density at radius 1 is 1.00 bits per heavy atom. The van der Waals surface area contributed by atoms with Gasteiger partial charge in [0.25, 0.3) is 0 Å². The van der Waals surface area contributed by atoms with Crippen molar-refractivity contribution in [1.82, 2.24) is 9.88 Å². The maximum Gasteiger partial charge on any atom is 0.0998 e. The topological polar surface area (TPSA) is 52.0 Å². The minimum atomic E-state index is 0.654. The lowest BCUT2D eigenvalue weighted by Crippen LogP contribution is -2.31. The second kappa shape index (κ2) is 8.86. The molecule has 1 aliphatic rings. The Balaban J connectivity index is 1.55. The van der Waals surface area contributed by atoms with Crippen LogP contribution in [-0.4, -0.2) is 36.1 Å². The molecule has 1 N–H and O–H groups in total. The molecular weight excluding hydrogens is 344 g/mol. The van der Waals surface area contributed by atoms with Crippen LogP contribution in [0.1, 0.15) is 31.2 Å². The van der Waals surface area contributed by atoms with Crippen LogP contribution in [0, 0.1) is 11.3 Å². The van der Waals surface area contributed by atoms with Crippen LogP contribution in [0.4, 0.5) is 5.69 Å². The molecule has 3 aromatic rings. The summed E-state index contributed by atoms with van der Waals surface area (Å²) in [5.41, 5.74) is 4.42. The van der Waals surface area contributed by atoms with Crippen molar-refractivity contribution in [2.45, 2.75) is 25.7 Å². The van der Waals surface area contributed by atoms with E-state index in [2.05, 4.69) is 28.4 Å². The molecule has 2 heterocycles. The lowest BCUT2D eigenvalue weighted by molar-refractivity contribution is 0.228. The maximum absolute atomic E-state index is 9.46. The van der Waals surface area contributed by atoms with E-state index in [0.29, 0.717) is 5.56 Å². The Kier molecular flexibility index (Phi) is 5.84. The number of nitrogens with one attached hydrogen (secondary N) is 1. The van der Waals surface area contributed by atoms with E-state index < -0.39 is 0 Å². The average molecular weight is 371 g/mol. The summed E-state index contributed by atoms with van der Waals surface area (Å²) in [5, 5.41) is 14.2. The van der Waals surface area contributed by atoms with Crippen LogP contribution in [0.15, 0.2) is 54.6 Å². The lowest BCUT2D eigenvalue weighted by atomic mass is 10.0. The molecule has 0 radical (unpaired) electrons. The standard InChI is InChI=1S/C24H26N4/c25-18-19-9-2-3-10-20(19)24-17-23(21-11-4-5-12-22(21)27-24)26-13-8-16-28-14-6-1-7-15-28/h2-5,9-12,17H,1,6-8,13-16H2,(H,26,27). The highest BCUT2D eigenvalue weighted by Crippen LogP contribution is 2.29. The number of aromatic nitrogens is 1. The Morgan fingerprint density at radius 2 is 1.79 bits per heavy atom. The van der Waals surface area contributed by atoms with Gasteiger partial charge in [-0.25, -0.2) is 4.98 Å². The van der Waals surface area contributed by atoms with Crippen molar-refractivity contribution in [3.05, 3.63) is 60.2 Å². The first-order chi connectivity index (χ1) is 13.8. The van der Waals surface area contributed by atoms with Crippen LogP contribution in [-0.2, 0) is 0 Å². The number of hydrogen-bond donors (Lipinski definition) is 1. The van der Waals surface area contributed by atoms with Gasteiger partial charge in [0.15, 0.2) is 0 Å². The number of hydrogen-bond acceptors (Lipinski definition) is 4. The monoisotopic (exact) mass is 370 g/mol. The van der Waals surface area contributed by atoms with Gasteiger partial charge in [0.2, 0.25) is 0 Å². The molecule has 1 aromatic heterocycles. The molecule has 0 saturated carbocycles. The van der Waals surface area contributed by atoms with Gasteiger partial charge in [0, 0.05) is 23.2 Å². The number of benzene rings is 2. The molecule has 0 unspecified atom stereocenters. The number of anilines is 1. The number of likely N-dealkylation sites (tertiary alicyclic amines) is 1. The van der Waals surface area contributed by atoms with Crippen molar-refractivity contribution < 1.29 is 0 Å². The third-order valence-corrected chi connectivity index (χ3v) is 5.45. The predicted molar refractivity (Wildman–Crippen MR) is 115 cm³/mol. The van der Waals surface area contributed by atoms with Crippen molar-refractivity contribution in [3.8, 4) is 17.3 Å². The molecule has 2 aromatic carbocycles. The van der Waals surface area contributed by atoms with Crippen LogP contribution in [0.5, 0.6) is 0 Å². The molecule has 4 heteroatoms. The molecule has 1 aliphatic heterocycles. The summed E-state index contributed by atoms with van der Waals surface area (Å²) in [6, 6.07) is 20.2. The Hall–Kier alpha value is -2.90. The van der Waals surface area contributed by atoms with Crippen molar-refractivity contribution in [2.75, 3.05) is 31.5 Å². The van der Waals surface area contributed by atoms with Gasteiger partial charge < -0.3 is 10.2 Å². The van der Waals surface area contributed by atoms with Gasteiger partial charge in [0.1, 0.15) is 0 Å². The van der Waals surface area contributed by atoms with E-state index in [4.69, 9.17) is 4.98 Å². The minimum Gasteiger partial charge on any atom is -0.384 e. The summed E-state index contributed by atoms with van der Waals surface area (Å²) in [7, 11) is 0. The first-order valence-electron chi connectivity index (χ1n) is 10.2. The van der Waals surface area contributed by atoms with Gasteiger partial charge in [-0.2, -0.15) is 5.26 Å². The van der Waals surface area contributed by atoms with Crippen LogP contribution in [0.25, 0.3) is 22.2 Å². The maximum atomic E-state index is 9.46. The molecule has 142 valence electrons. The van der Waals surface area contributed by atoms with E-state index in [-0.39, 0.29) is 0 Å². The van der Waals surface area contributed by atoms with E-state index in [0.717, 1.165) is 47.4 Å². The van der Waals surface area contributed by atoms with E-state index in [9.17, 15) is 5.26 Å². The van der Waals surface area contributed by atoms with E-state index in [1.165, 1.54) is 32.4 Å². The molecular formula is C24H26N4. The fraction of sp³-hybridized carbons (Fsp3) is 0.333. The van der Waals surface area contributed by atoms with Crippen molar-refractivity contribution in [3.63, 3.8) is 0 Å². The van der Waals surface area contributed by atoms with Gasteiger partial charge in [-0.1, -0.05) is 42.8 Å². The Bertz CT molecular complexity index is 983. The predicted octanol–water partition coefficient (Wildman–Crippen LogP) is 5.06. The fourth-order valence-corrected chi connectivity index (χ4v) is 3.97. The van der Waals surface area contributed by atoms with Gasteiger partial charge >= 0.3 is 0 Å². The number of rotatable bonds is 6. The normalized spacial score (nSPS) is 14.7. The van der Waals surface area contributed by atoms with Crippen LogP contribution in [0.3, 0.4) is 0 Å². The summed E-state index contributed by atoms with van der Waals surface area (Å²) >= 11 is 0. The minimum absolute atomic E-state index is 0.654. The number of nitriles is 1. The second-order valence-corrected chi connectivity index (χ2v) is 7.41. The zero-order valence-corrected chi connectivity index (χ0v) is 16.2. The SMILES string of the molecule is N#Cc1ccccc1-c1cc(NCCCN2CCCCC2)c2ccccc2n1. The summed E-state index contributed by atoms with van der Waals surface area (Å²) in [4.78, 5) is 7.39. The Morgan fingerprint density at radius 3 is 2.64 bits per heavy atom. The number of fused-ring (bicyclic) bond motifs is 1. The van der Waals surface area contributed by atoms with Crippen LogP contribution < -0.4 is 5.32 Å². The smallest absolute Gasteiger partial charge is 0.0998 e. The number of pyridine rings is 1. The van der Waals surface area contributed by atoms with Crippen LogP contribution in [0.2, 0.25) is 0 Å². The van der Waals surface area contributed by atoms with E-state index in [1.807, 2.05) is 42.5 Å². The summed E-state index contributed by atoms with van der Waals surface area (Å²) in [6.07, 6.45) is 5.18. The van der Waals surface area contributed by atoms with Crippen molar-refractivity contribution in [2.24, 2.45) is 0 Å². The number of piperidine rings is 1. The zero-order chi connectivity index (χ0) is 19.2. The third kappa shape index (κ3) is 4.16. The second-order valence-electron chi connectivity index (χ2n) is 7.41. The van der Waals surface area contributed by atoms with Crippen molar-refractivity contribution >= 4 is 16.6 Å². The molecule has 0 amide bonds. The van der Waals surface area contributed by atoms with Gasteiger partial charge in [-0.3, -0.25) is 0 Å². The molecule has 4 rings (SSSR count). The van der Waals surface area contributed by atoms with Gasteiger partial charge in [0.05, 0.1) is 22.8 Å². The first kappa shape index (κ1) is 18.5. The summed E-state index contributed by atoms with van der Waals surface area (Å²) in [6.45, 7) is 4.57. The zero-order valence-electron chi connectivity index (χ0n) is 16.2. The molecule has 0 aliphatic carbocycles. The Labute approximate surface area is 166 Å². The summed E-state index contributed by atoms with van der Waals surface area (Å²) < 4.78 is 0. The molecule has 0 bridgehead atoms. The largest absolute Gasteiger partial charge is 0.384 e. The van der Waals surface area contributed by atoms with E-state index in [1.54, 1.807) is 0 Å². The lowest BCUT2D eigenvalue weighted by Gasteiger charge is -2.26. The highest BCUT2D eigenvalue weighted by atomic mass is 15.1. The van der Waals surface area contributed by atoms with E-state index >= 15 is 0 Å². The molecule has 28 heavy (non-hydrogen) atoms. The molecule has 1 saturated heterocycles. The fourth-order valence-electron chi connectivity index (χ4n) is 3.97. The third-order valence-electron chi connectivity index (χ3n) is 5.45. The number of nitrogens with zero attached hydrogens (tertiary/aromatic N) is 3. The number of para-hydroxylation sites is 1. The molecule has 0 atom stereocenters. The highest BCUT2D eigenvalue weighted by molar-refractivity contribution is 5.94. The van der Waals surface area contributed by atoms with Crippen molar-refractivity contribution in [1.29, 1.82) is 5.26 Å². The molecule has 4 nitrogen and oxygen atoms in total. The summed E-state index contributed by atoms with van der Waals surface area (Å²) in [5.74, 6) is 0. The average Bonchev–Trinajstić information content (AvgIpc) is 2.77.